The Hall–Kier alpha value is -0.870. The van der Waals surface area contributed by atoms with Crippen LogP contribution in [0.5, 0.6) is 0 Å². The predicted octanol–water partition coefficient (Wildman–Crippen LogP) is 3.37. The number of hydrogen-bond donors (Lipinski definition) is 1. The molecular formula is C17H29NO2S. The van der Waals surface area contributed by atoms with Crippen molar-refractivity contribution >= 4 is 9.84 Å². The maximum absolute atomic E-state index is 11.9. The van der Waals surface area contributed by atoms with E-state index in [1.165, 1.54) is 5.56 Å². The van der Waals surface area contributed by atoms with Gasteiger partial charge in [-0.05, 0) is 38.2 Å². The van der Waals surface area contributed by atoms with Crippen LogP contribution < -0.4 is 5.32 Å². The molecule has 4 heteroatoms. The van der Waals surface area contributed by atoms with Crippen LogP contribution in [0.25, 0.3) is 0 Å². The van der Waals surface area contributed by atoms with Gasteiger partial charge in [-0.15, -0.1) is 0 Å². The summed E-state index contributed by atoms with van der Waals surface area (Å²) in [5, 5.41) is 3.19. The topological polar surface area (TPSA) is 46.2 Å². The number of nitrogens with one attached hydrogen (secondary N) is 1. The molecule has 0 fully saturated rings. The monoisotopic (exact) mass is 311 g/mol. The lowest BCUT2D eigenvalue weighted by atomic mass is 9.94. The predicted molar refractivity (Wildman–Crippen MR) is 90.5 cm³/mol. The van der Waals surface area contributed by atoms with Crippen molar-refractivity contribution in [1.29, 1.82) is 0 Å². The summed E-state index contributed by atoms with van der Waals surface area (Å²) in [4.78, 5) is 0. The van der Waals surface area contributed by atoms with E-state index in [1.807, 2.05) is 18.2 Å². The zero-order chi connectivity index (χ0) is 15.9. The zero-order valence-corrected chi connectivity index (χ0v) is 14.5. The Morgan fingerprint density at radius 3 is 2.19 bits per heavy atom. The van der Waals surface area contributed by atoms with Gasteiger partial charge in [0.1, 0.15) is 0 Å². The zero-order valence-electron chi connectivity index (χ0n) is 13.7. The van der Waals surface area contributed by atoms with Crippen LogP contribution in [0.1, 0.15) is 52.0 Å². The van der Waals surface area contributed by atoms with Gasteiger partial charge in [0.2, 0.25) is 0 Å². The van der Waals surface area contributed by atoms with Gasteiger partial charge in [0.25, 0.3) is 0 Å². The minimum atomic E-state index is -2.93. The van der Waals surface area contributed by atoms with Crippen molar-refractivity contribution in [3.8, 4) is 0 Å². The van der Waals surface area contributed by atoms with Crippen LogP contribution in [0.4, 0.5) is 0 Å². The second kappa shape index (κ2) is 8.54. The van der Waals surface area contributed by atoms with E-state index in [4.69, 9.17) is 0 Å². The molecule has 1 aromatic carbocycles. The summed E-state index contributed by atoms with van der Waals surface area (Å²) in [6.45, 7) is 8.66. The molecule has 0 saturated carbocycles. The summed E-state index contributed by atoms with van der Waals surface area (Å²) >= 11 is 0. The van der Waals surface area contributed by atoms with Crippen LogP contribution in [0.2, 0.25) is 0 Å². The number of hydrogen-bond acceptors (Lipinski definition) is 3. The highest BCUT2D eigenvalue weighted by atomic mass is 32.2. The van der Waals surface area contributed by atoms with Crippen molar-refractivity contribution in [1.82, 2.24) is 5.32 Å². The molecule has 120 valence electrons. The van der Waals surface area contributed by atoms with Gasteiger partial charge >= 0.3 is 0 Å². The summed E-state index contributed by atoms with van der Waals surface area (Å²) in [5.74, 6) is 0.659. The fourth-order valence-electron chi connectivity index (χ4n) is 2.26. The summed E-state index contributed by atoms with van der Waals surface area (Å²) in [7, 11) is -2.93. The third kappa shape index (κ3) is 6.62. The van der Waals surface area contributed by atoms with E-state index in [9.17, 15) is 8.42 Å². The molecule has 0 bridgehead atoms. The van der Waals surface area contributed by atoms with Crippen molar-refractivity contribution < 1.29 is 8.42 Å². The summed E-state index contributed by atoms with van der Waals surface area (Å²) in [5.41, 5.74) is 1.28. The normalized spacial score (nSPS) is 13.8. The molecule has 1 N–H and O–H groups in total. The summed E-state index contributed by atoms with van der Waals surface area (Å²) in [6.07, 6.45) is 1.62. The lowest BCUT2D eigenvalue weighted by Crippen LogP contribution is -2.28. The van der Waals surface area contributed by atoms with Gasteiger partial charge in [-0.1, -0.05) is 44.2 Å². The van der Waals surface area contributed by atoms with Gasteiger partial charge in [-0.3, -0.25) is 0 Å². The molecule has 0 amide bonds. The van der Waals surface area contributed by atoms with Gasteiger partial charge in [-0.25, -0.2) is 8.42 Å². The summed E-state index contributed by atoms with van der Waals surface area (Å²) in [6, 6.07) is 10.8. The van der Waals surface area contributed by atoms with Crippen molar-refractivity contribution in [2.45, 2.75) is 57.7 Å². The average molecular weight is 311 g/mol. The molecule has 3 nitrogen and oxygen atoms in total. The quantitative estimate of drug-likeness (QED) is 0.760. The number of rotatable bonds is 9. The fraction of sp³-hybridized carbons (Fsp3) is 0.647. The molecule has 1 rings (SSSR count). The highest BCUT2D eigenvalue weighted by molar-refractivity contribution is 7.91. The minimum absolute atomic E-state index is 0.276. The maximum Gasteiger partial charge on any atom is 0.152 e. The minimum Gasteiger partial charge on any atom is -0.314 e. The third-order valence-corrected chi connectivity index (χ3v) is 6.04. The van der Waals surface area contributed by atoms with Crippen LogP contribution in [0, 0.1) is 0 Å². The molecule has 0 aromatic heterocycles. The van der Waals surface area contributed by atoms with Crippen LogP contribution in [-0.2, 0) is 9.84 Å². The van der Waals surface area contributed by atoms with Crippen LogP contribution in [0.3, 0.4) is 0 Å². The van der Waals surface area contributed by atoms with Gasteiger partial charge in [0, 0.05) is 12.6 Å². The smallest absolute Gasteiger partial charge is 0.152 e. The van der Waals surface area contributed by atoms with Crippen molar-refractivity contribution in [2.24, 2.45) is 0 Å². The second-order valence-corrected chi connectivity index (χ2v) is 8.91. The Labute approximate surface area is 130 Å². The van der Waals surface area contributed by atoms with E-state index in [-0.39, 0.29) is 11.0 Å². The lowest BCUT2D eigenvalue weighted by Gasteiger charge is -2.20. The van der Waals surface area contributed by atoms with Gasteiger partial charge in [0.05, 0.1) is 11.0 Å². The Bertz CT molecular complexity index is 495. The molecule has 0 saturated heterocycles. The average Bonchev–Trinajstić information content (AvgIpc) is 2.43. The maximum atomic E-state index is 11.9. The first-order chi connectivity index (χ1) is 9.83. The molecule has 0 spiro atoms. The molecule has 0 radical (unpaired) electrons. The highest BCUT2D eigenvalue weighted by Crippen LogP contribution is 2.21. The van der Waals surface area contributed by atoms with E-state index in [1.54, 1.807) is 13.8 Å². The van der Waals surface area contributed by atoms with Crippen molar-refractivity contribution in [3.05, 3.63) is 35.9 Å². The Kier molecular flexibility index (Phi) is 7.40. The molecule has 0 aliphatic heterocycles. The molecule has 1 unspecified atom stereocenters. The second-order valence-electron chi connectivity index (χ2n) is 6.23. The molecular weight excluding hydrogens is 282 g/mol. The first kappa shape index (κ1) is 18.2. The molecule has 21 heavy (non-hydrogen) atoms. The van der Waals surface area contributed by atoms with E-state index >= 15 is 0 Å². The van der Waals surface area contributed by atoms with Crippen molar-refractivity contribution in [2.75, 3.05) is 12.3 Å². The molecule has 1 aromatic rings. The molecule has 0 heterocycles. The van der Waals surface area contributed by atoms with Crippen LogP contribution in [-0.4, -0.2) is 32.0 Å². The van der Waals surface area contributed by atoms with Gasteiger partial charge in [-0.2, -0.15) is 0 Å². The first-order valence-corrected chi connectivity index (χ1v) is 9.54. The molecule has 0 aliphatic carbocycles. The highest BCUT2D eigenvalue weighted by Gasteiger charge is 2.18. The molecule has 0 aliphatic rings. The third-order valence-electron chi connectivity index (χ3n) is 3.74. The van der Waals surface area contributed by atoms with Gasteiger partial charge < -0.3 is 5.32 Å². The SMILES string of the molecule is CC(C)NCC(CCCS(=O)(=O)C(C)C)c1ccccc1. The van der Waals surface area contributed by atoms with Crippen LogP contribution >= 0.6 is 0 Å². The molecule has 1 atom stereocenters. The van der Waals surface area contributed by atoms with Crippen LogP contribution in [0.15, 0.2) is 30.3 Å². The first-order valence-electron chi connectivity index (χ1n) is 7.83. The fourth-order valence-corrected chi connectivity index (χ4v) is 3.30. The van der Waals surface area contributed by atoms with E-state index in [0.717, 1.165) is 19.4 Å². The lowest BCUT2D eigenvalue weighted by molar-refractivity contribution is 0.502. The number of sulfone groups is 1. The van der Waals surface area contributed by atoms with Gasteiger partial charge in [0.15, 0.2) is 9.84 Å². The van der Waals surface area contributed by atoms with Crippen molar-refractivity contribution in [3.63, 3.8) is 0 Å². The number of benzene rings is 1. The van der Waals surface area contributed by atoms with E-state index in [0.29, 0.717) is 12.0 Å². The Morgan fingerprint density at radius 1 is 1.05 bits per heavy atom. The van der Waals surface area contributed by atoms with E-state index in [2.05, 4.69) is 31.3 Å². The standard InChI is InChI=1S/C17H29NO2S/c1-14(2)18-13-17(16-9-6-5-7-10-16)11-8-12-21(19,20)15(3)4/h5-7,9-10,14-15,17-18H,8,11-13H2,1-4H3. The Balaban J connectivity index is 2.62. The summed E-state index contributed by atoms with van der Waals surface area (Å²) < 4.78 is 23.8. The Morgan fingerprint density at radius 2 is 1.67 bits per heavy atom. The largest absolute Gasteiger partial charge is 0.314 e. The van der Waals surface area contributed by atoms with E-state index < -0.39 is 9.84 Å².